The minimum absolute atomic E-state index is 0.241. The molecule has 0 spiro atoms. The molecule has 0 saturated carbocycles. The van der Waals surface area contributed by atoms with Gasteiger partial charge in [-0.2, -0.15) is 0 Å². The average molecular weight is 375 g/mol. The number of nitrogens with zero attached hydrogens (tertiary/aromatic N) is 1. The Labute approximate surface area is 165 Å². The Bertz CT molecular complexity index is 966. The third-order valence-electron chi connectivity index (χ3n) is 4.47. The monoisotopic (exact) mass is 375 g/mol. The Balaban J connectivity index is 1.75. The normalized spacial score (nSPS) is 10.6. The zero-order valence-corrected chi connectivity index (χ0v) is 16.6. The SMILES string of the molecule is COc1ccc(C)cc1NC(=O)c1cncc(Nc2ccc(C(C)C)cc2)c1. The number of anilines is 3. The van der Waals surface area contributed by atoms with E-state index in [9.17, 15) is 4.79 Å². The highest BCUT2D eigenvalue weighted by atomic mass is 16.5. The number of pyridine rings is 1. The van der Waals surface area contributed by atoms with Crippen molar-refractivity contribution in [1.29, 1.82) is 0 Å². The Morgan fingerprint density at radius 1 is 1.00 bits per heavy atom. The first-order valence-corrected chi connectivity index (χ1v) is 9.24. The van der Waals surface area contributed by atoms with Crippen LogP contribution in [0.2, 0.25) is 0 Å². The molecule has 5 heteroatoms. The summed E-state index contributed by atoms with van der Waals surface area (Å²) >= 11 is 0. The molecule has 0 radical (unpaired) electrons. The predicted octanol–water partition coefficient (Wildman–Crippen LogP) is 5.52. The van der Waals surface area contributed by atoms with E-state index in [0.29, 0.717) is 22.9 Å². The molecule has 0 atom stereocenters. The Morgan fingerprint density at radius 3 is 2.43 bits per heavy atom. The molecule has 2 aromatic carbocycles. The number of ether oxygens (including phenoxy) is 1. The average Bonchev–Trinajstić information content (AvgIpc) is 2.69. The maximum atomic E-state index is 12.7. The molecule has 1 amide bonds. The van der Waals surface area contributed by atoms with Gasteiger partial charge in [0.1, 0.15) is 5.75 Å². The molecule has 144 valence electrons. The van der Waals surface area contributed by atoms with Gasteiger partial charge in [-0.25, -0.2) is 0 Å². The lowest BCUT2D eigenvalue weighted by Gasteiger charge is -2.12. The van der Waals surface area contributed by atoms with Crippen molar-refractivity contribution in [2.75, 3.05) is 17.7 Å². The van der Waals surface area contributed by atoms with Gasteiger partial charge in [0.25, 0.3) is 5.91 Å². The molecule has 3 aromatic rings. The molecule has 2 N–H and O–H groups in total. The molecule has 1 heterocycles. The summed E-state index contributed by atoms with van der Waals surface area (Å²) in [6, 6.07) is 15.7. The van der Waals surface area contributed by atoms with Crippen LogP contribution in [-0.4, -0.2) is 18.0 Å². The second-order valence-corrected chi connectivity index (χ2v) is 7.02. The molecule has 0 aliphatic rings. The minimum atomic E-state index is -0.241. The van der Waals surface area contributed by atoms with Crippen LogP contribution in [0.5, 0.6) is 5.75 Å². The zero-order chi connectivity index (χ0) is 20.1. The molecule has 3 rings (SSSR count). The quantitative estimate of drug-likeness (QED) is 0.596. The van der Waals surface area contributed by atoms with Gasteiger partial charge in [0.15, 0.2) is 0 Å². The van der Waals surface area contributed by atoms with Gasteiger partial charge in [-0.05, 0) is 54.3 Å². The van der Waals surface area contributed by atoms with Gasteiger partial charge in [0.05, 0.1) is 30.2 Å². The molecular weight excluding hydrogens is 350 g/mol. The maximum Gasteiger partial charge on any atom is 0.257 e. The van der Waals surface area contributed by atoms with Gasteiger partial charge in [0, 0.05) is 11.9 Å². The number of carbonyl (C=O) groups is 1. The molecular formula is C23H25N3O2. The molecule has 28 heavy (non-hydrogen) atoms. The van der Waals surface area contributed by atoms with Crippen molar-refractivity contribution in [3.05, 3.63) is 77.6 Å². The summed E-state index contributed by atoms with van der Waals surface area (Å²) in [6.45, 7) is 6.29. The van der Waals surface area contributed by atoms with Crippen LogP contribution in [0.1, 0.15) is 41.3 Å². The molecule has 0 unspecified atom stereocenters. The number of methoxy groups -OCH3 is 1. The number of nitrogens with one attached hydrogen (secondary N) is 2. The van der Waals surface area contributed by atoms with Crippen molar-refractivity contribution in [3.63, 3.8) is 0 Å². The van der Waals surface area contributed by atoms with Crippen LogP contribution >= 0.6 is 0 Å². The van der Waals surface area contributed by atoms with Crippen LogP contribution in [0.25, 0.3) is 0 Å². The van der Waals surface area contributed by atoms with E-state index in [0.717, 1.165) is 16.9 Å². The van der Waals surface area contributed by atoms with Crippen LogP contribution < -0.4 is 15.4 Å². The minimum Gasteiger partial charge on any atom is -0.495 e. The van der Waals surface area contributed by atoms with Crippen LogP contribution in [-0.2, 0) is 0 Å². The van der Waals surface area contributed by atoms with Crippen LogP contribution in [0.15, 0.2) is 60.9 Å². The summed E-state index contributed by atoms with van der Waals surface area (Å²) in [5, 5.41) is 6.19. The lowest BCUT2D eigenvalue weighted by molar-refractivity contribution is 0.102. The van der Waals surface area contributed by atoms with Gasteiger partial charge >= 0.3 is 0 Å². The first-order chi connectivity index (χ1) is 13.5. The van der Waals surface area contributed by atoms with Gasteiger partial charge in [-0.15, -0.1) is 0 Å². The van der Waals surface area contributed by atoms with Crippen LogP contribution in [0.4, 0.5) is 17.1 Å². The van der Waals surface area contributed by atoms with E-state index in [1.165, 1.54) is 5.56 Å². The molecule has 0 aliphatic carbocycles. The molecule has 0 fully saturated rings. The third kappa shape index (κ3) is 4.68. The van der Waals surface area contributed by atoms with Crippen LogP contribution in [0.3, 0.4) is 0 Å². The molecule has 5 nitrogen and oxygen atoms in total. The number of rotatable bonds is 6. The smallest absolute Gasteiger partial charge is 0.257 e. The fourth-order valence-electron chi connectivity index (χ4n) is 2.86. The Hall–Kier alpha value is -3.34. The van der Waals surface area contributed by atoms with Gasteiger partial charge in [0.2, 0.25) is 0 Å². The fourth-order valence-corrected chi connectivity index (χ4v) is 2.86. The van der Waals surface area contributed by atoms with E-state index in [4.69, 9.17) is 4.74 Å². The zero-order valence-electron chi connectivity index (χ0n) is 16.6. The van der Waals surface area contributed by atoms with Gasteiger partial charge < -0.3 is 15.4 Å². The molecule has 0 aliphatic heterocycles. The standard InChI is InChI=1S/C23H25N3O2/c1-15(2)17-6-8-19(9-7-17)25-20-12-18(13-24-14-20)23(27)26-21-11-16(3)5-10-22(21)28-4/h5-15,25H,1-4H3,(H,26,27). The summed E-state index contributed by atoms with van der Waals surface area (Å²) in [5.41, 5.74) is 5.12. The highest BCUT2D eigenvalue weighted by molar-refractivity contribution is 6.05. The lowest BCUT2D eigenvalue weighted by atomic mass is 10.0. The summed E-state index contributed by atoms with van der Waals surface area (Å²) in [5.74, 6) is 0.864. The molecule has 0 bridgehead atoms. The van der Waals surface area contributed by atoms with E-state index in [1.54, 1.807) is 25.6 Å². The van der Waals surface area contributed by atoms with Crippen molar-refractivity contribution in [1.82, 2.24) is 4.98 Å². The second-order valence-electron chi connectivity index (χ2n) is 7.02. The lowest BCUT2D eigenvalue weighted by Crippen LogP contribution is -2.13. The highest BCUT2D eigenvalue weighted by Crippen LogP contribution is 2.26. The van der Waals surface area contributed by atoms with E-state index in [2.05, 4.69) is 41.6 Å². The number of amides is 1. The number of hydrogen-bond donors (Lipinski definition) is 2. The fraction of sp³-hybridized carbons (Fsp3) is 0.217. The van der Waals surface area contributed by atoms with Crippen molar-refractivity contribution in [3.8, 4) is 5.75 Å². The van der Waals surface area contributed by atoms with E-state index < -0.39 is 0 Å². The van der Waals surface area contributed by atoms with Crippen molar-refractivity contribution >= 4 is 23.0 Å². The predicted molar refractivity (Wildman–Crippen MR) is 114 cm³/mol. The number of aryl methyl sites for hydroxylation is 1. The largest absolute Gasteiger partial charge is 0.495 e. The van der Waals surface area contributed by atoms with E-state index in [-0.39, 0.29) is 5.91 Å². The topological polar surface area (TPSA) is 63.2 Å². The van der Waals surface area contributed by atoms with Gasteiger partial charge in [-0.3, -0.25) is 9.78 Å². The van der Waals surface area contributed by atoms with E-state index in [1.807, 2.05) is 37.3 Å². The number of hydrogen-bond acceptors (Lipinski definition) is 4. The molecule has 0 saturated heterocycles. The maximum absolute atomic E-state index is 12.7. The number of aromatic nitrogens is 1. The third-order valence-corrected chi connectivity index (χ3v) is 4.47. The first-order valence-electron chi connectivity index (χ1n) is 9.24. The van der Waals surface area contributed by atoms with Crippen LogP contribution in [0, 0.1) is 6.92 Å². The molecule has 1 aromatic heterocycles. The van der Waals surface area contributed by atoms with E-state index >= 15 is 0 Å². The summed E-state index contributed by atoms with van der Waals surface area (Å²) in [6.07, 6.45) is 3.24. The van der Waals surface area contributed by atoms with Crippen molar-refractivity contribution in [2.24, 2.45) is 0 Å². The summed E-state index contributed by atoms with van der Waals surface area (Å²) < 4.78 is 5.32. The number of benzene rings is 2. The van der Waals surface area contributed by atoms with Gasteiger partial charge in [-0.1, -0.05) is 32.0 Å². The summed E-state index contributed by atoms with van der Waals surface area (Å²) in [4.78, 5) is 16.9. The number of carbonyl (C=O) groups excluding carboxylic acids is 1. The highest BCUT2D eigenvalue weighted by Gasteiger charge is 2.11. The Kier molecular flexibility index (Phi) is 5.94. The van der Waals surface area contributed by atoms with Crippen molar-refractivity contribution < 1.29 is 9.53 Å². The summed E-state index contributed by atoms with van der Waals surface area (Å²) in [7, 11) is 1.58. The van der Waals surface area contributed by atoms with Crippen molar-refractivity contribution in [2.45, 2.75) is 26.7 Å². The Morgan fingerprint density at radius 2 is 1.75 bits per heavy atom. The first kappa shape index (κ1) is 19.4. The second kappa shape index (κ2) is 8.57.